The molecule has 0 spiro atoms. The minimum Gasteiger partial charge on any atom is -0.496 e. The van der Waals surface area contributed by atoms with E-state index in [9.17, 15) is 13.2 Å². The molecule has 0 aliphatic rings. The van der Waals surface area contributed by atoms with E-state index in [1.165, 1.54) is 36.5 Å². The first-order valence-corrected chi connectivity index (χ1v) is 11.4. The molecule has 2 aromatic carbocycles. The Bertz CT molecular complexity index is 1130. The normalized spacial score (nSPS) is 11.4. The van der Waals surface area contributed by atoms with E-state index in [0.29, 0.717) is 22.6 Å². The van der Waals surface area contributed by atoms with Gasteiger partial charge in [-0.15, -0.1) is 11.3 Å². The Balaban J connectivity index is 1.64. The summed E-state index contributed by atoms with van der Waals surface area (Å²) in [6, 6.07) is 14.7. The fourth-order valence-electron chi connectivity index (χ4n) is 2.34. The van der Waals surface area contributed by atoms with Gasteiger partial charge in [-0.25, -0.2) is 13.8 Å². The highest BCUT2D eigenvalue weighted by Gasteiger charge is 2.15. The van der Waals surface area contributed by atoms with Crippen molar-refractivity contribution in [1.82, 2.24) is 5.43 Å². The number of benzene rings is 2. The van der Waals surface area contributed by atoms with Crippen molar-refractivity contribution in [1.29, 1.82) is 0 Å². The largest absolute Gasteiger partial charge is 0.496 e. The molecule has 29 heavy (non-hydrogen) atoms. The van der Waals surface area contributed by atoms with E-state index in [2.05, 4.69) is 31.2 Å². The van der Waals surface area contributed by atoms with Gasteiger partial charge < -0.3 is 4.74 Å². The van der Waals surface area contributed by atoms with Crippen LogP contribution in [0.5, 0.6) is 5.75 Å². The van der Waals surface area contributed by atoms with E-state index in [-0.39, 0.29) is 4.21 Å². The molecule has 1 amide bonds. The summed E-state index contributed by atoms with van der Waals surface area (Å²) in [7, 11) is -2.08. The molecule has 0 atom stereocenters. The summed E-state index contributed by atoms with van der Waals surface area (Å²) in [5, 5.41) is 5.63. The summed E-state index contributed by atoms with van der Waals surface area (Å²) in [5.41, 5.74) is 3.82. The van der Waals surface area contributed by atoms with Gasteiger partial charge in [-0.2, -0.15) is 5.10 Å². The molecule has 0 radical (unpaired) electrons. The SMILES string of the molecule is COc1ccc(Br)cc1C=NNC(=O)c1ccc(NS(=O)(=O)c2cccs2)cc1. The van der Waals surface area contributed by atoms with E-state index < -0.39 is 15.9 Å². The Hall–Kier alpha value is -2.69. The number of methoxy groups -OCH3 is 1. The number of nitrogens with zero attached hydrogens (tertiary/aromatic N) is 1. The lowest BCUT2D eigenvalue weighted by Crippen LogP contribution is -2.18. The van der Waals surface area contributed by atoms with Crippen molar-refractivity contribution >= 4 is 55.1 Å². The number of anilines is 1. The van der Waals surface area contributed by atoms with E-state index >= 15 is 0 Å². The molecule has 3 aromatic rings. The first-order valence-electron chi connectivity index (χ1n) is 8.22. The number of rotatable bonds is 7. The molecule has 2 N–H and O–H groups in total. The minimum atomic E-state index is -3.63. The Labute approximate surface area is 180 Å². The van der Waals surface area contributed by atoms with Crippen LogP contribution in [0.15, 0.2) is 73.8 Å². The zero-order valence-electron chi connectivity index (χ0n) is 15.1. The van der Waals surface area contributed by atoms with E-state index in [4.69, 9.17) is 4.74 Å². The number of hydrazone groups is 1. The lowest BCUT2D eigenvalue weighted by atomic mass is 10.2. The molecule has 1 aromatic heterocycles. The molecule has 0 fully saturated rings. The van der Waals surface area contributed by atoms with Crippen molar-refractivity contribution in [3.8, 4) is 5.75 Å². The van der Waals surface area contributed by atoms with E-state index in [1.807, 2.05) is 12.1 Å². The third-order valence-electron chi connectivity index (χ3n) is 3.72. The van der Waals surface area contributed by atoms with Crippen molar-refractivity contribution in [3.05, 3.63) is 75.6 Å². The maximum atomic E-state index is 12.2. The summed E-state index contributed by atoms with van der Waals surface area (Å²) in [4.78, 5) is 12.2. The molecule has 0 aliphatic heterocycles. The molecule has 0 saturated carbocycles. The highest BCUT2D eigenvalue weighted by Crippen LogP contribution is 2.22. The molecule has 0 aliphatic carbocycles. The number of halogens is 1. The molecule has 0 bridgehead atoms. The number of nitrogens with one attached hydrogen (secondary N) is 2. The van der Waals surface area contributed by atoms with Crippen molar-refractivity contribution < 1.29 is 17.9 Å². The summed E-state index contributed by atoms with van der Waals surface area (Å²) >= 11 is 4.50. The predicted molar refractivity (Wildman–Crippen MR) is 117 cm³/mol. The molecule has 0 unspecified atom stereocenters. The third kappa shape index (κ3) is 5.43. The Morgan fingerprint density at radius 2 is 1.93 bits per heavy atom. The second kappa shape index (κ2) is 9.21. The molecule has 7 nitrogen and oxygen atoms in total. The molecular weight excluding hydrogens is 478 g/mol. The highest BCUT2D eigenvalue weighted by molar-refractivity contribution is 9.10. The van der Waals surface area contributed by atoms with Crippen LogP contribution in [0.1, 0.15) is 15.9 Å². The van der Waals surface area contributed by atoms with Crippen LogP contribution < -0.4 is 14.9 Å². The van der Waals surface area contributed by atoms with Gasteiger partial charge in [0.05, 0.1) is 13.3 Å². The van der Waals surface area contributed by atoms with E-state index in [0.717, 1.165) is 15.8 Å². The number of hydrogen-bond acceptors (Lipinski definition) is 6. The standard InChI is InChI=1S/C19H16BrN3O4S2/c1-27-17-9-6-15(20)11-14(17)12-21-22-19(24)13-4-7-16(8-5-13)23-29(25,26)18-3-2-10-28-18/h2-12,23H,1H3,(H,22,24). The summed E-state index contributed by atoms with van der Waals surface area (Å²) in [6.45, 7) is 0. The fraction of sp³-hybridized carbons (Fsp3) is 0.0526. The van der Waals surface area contributed by atoms with Crippen LogP contribution >= 0.6 is 27.3 Å². The van der Waals surface area contributed by atoms with Crippen LogP contribution in [-0.2, 0) is 10.0 Å². The van der Waals surface area contributed by atoms with Gasteiger partial charge in [0.25, 0.3) is 15.9 Å². The van der Waals surface area contributed by atoms with Gasteiger partial charge in [-0.3, -0.25) is 9.52 Å². The summed E-state index contributed by atoms with van der Waals surface area (Å²) < 4.78 is 33.2. The van der Waals surface area contributed by atoms with Crippen molar-refractivity contribution in [2.45, 2.75) is 4.21 Å². The minimum absolute atomic E-state index is 0.219. The monoisotopic (exact) mass is 493 g/mol. The molecule has 10 heteroatoms. The number of sulfonamides is 1. The van der Waals surface area contributed by atoms with E-state index in [1.54, 1.807) is 24.6 Å². The highest BCUT2D eigenvalue weighted by atomic mass is 79.9. The van der Waals surface area contributed by atoms with Gasteiger partial charge in [-0.05, 0) is 53.9 Å². The Morgan fingerprint density at radius 3 is 2.59 bits per heavy atom. The first kappa shape index (κ1) is 21.0. The first-order chi connectivity index (χ1) is 13.9. The topological polar surface area (TPSA) is 96.9 Å². The average molecular weight is 494 g/mol. The number of ether oxygens (including phenoxy) is 1. The van der Waals surface area contributed by atoms with Crippen molar-refractivity contribution in [2.24, 2.45) is 5.10 Å². The van der Waals surface area contributed by atoms with Crippen molar-refractivity contribution in [2.75, 3.05) is 11.8 Å². The second-order valence-corrected chi connectivity index (χ2v) is 9.47. The molecular formula is C19H16BrN3O4S2. The van der Waals surface area contributed by atoms with Crippen LogP contribution in [0.3, 0.4) is 0 Å². The molecule has 3 rings (SSSR count). The average Bonchev–Trinajstić information content (AvgIpc) is 3.24. The quantitative estimate of drug-likeness (QED) is 0.382. The van der Waals surface area contributed by atoms with Crippen molar-refractivity contribution in [3.63, 3.8) is 0 Å². The van der Waals surface area contributed by atoms with Gasteiger partial charge in [0, 0.05) is 21.3 Å². The maximum absolute atomic E-state index is 12.2. The lowest BCUT2D eigenvalue weighted by Gasteiger charge is -2.07. The number of carbonyl (C=O) groups is 1. The van der Waals surface area contributed by atoms with Crippen LogP contribution in [0.2, 0.25) is 0 Å². The zero-order valence-corrected chi connectivity index (χ0v) is 18.3. The molecule has 1 heterocycles. The number of hydrogen-bond donors (Lipinski definition) is 2. The molecule has 150 valence electrons. The number of carbonyl (C=O) groups excluding carboxylic acids is 1. The maximum Gasteiger partial charge on any atom is 0.271 e. The summed E-state index contributed by atoms with van der Waals surface area (Å²) in [5.74, 6) is 0.191. The smallest absolute Gasteiger partial charge is 0.271 e. The van der Waals surface area contributed by atoms with Crippen LogP contribution in [-0.4, -0.2) is 27.6 Å². The number of thiophene rings is 1. The van der Waals surface area contributed by atoms with Gasteiger partial charge >= 0.3 is 0 Å². The van der Waals surface area contributed by atoms with Crippen LogP contribution in [0, 0.1) is 0 Å². The zero-order chi connectivity index (χ0) is 20.9. The number of amides is 1. The lowest BCUT2D eigenvalue weighted by molar-refractivity contribution is 0.0955. The third-order valence-corrected chi connectivity index (χ3v) is 6.99. The second-order valence-electron chi connectivity index (χ2n) is 5.70. The predicted octanol–water partition coefficient (Wildman–Crippen LogP) is 4.08. The van der Waals surface area contributed by atoms with Crippen LogP contribution in [0.4, 0.5) is 5.69 Å². The van der Waals surface area contributed by atoms with Gasteiger partial charge in [0.15, 0.2) is 0 Å². The van der Waals surface area contributed by atoms with Gasteiger partial charge in [0.2, 0.25) is 0 Å². The fourth-order valence-corrected chi connectivity index (χ4v) is 4.77. The van der Waals surface area contributed by atoms with Gasteiger partial charge in [-0.1, -0.05) is 22.0 Å². The Morgan fingerprint density at radius 1 is 1.17 bits per heavy atom. The Kier molecular flexibility index (Phi) is 6.68. The summed E-state index contributed by atoms with van der Waals surface area (Å²) in [6.07, 6.45) is 1.48. The molecule has 0 saturated heterocycles. The van der Waals surface area contributed by atoms with Gasteiger partial charge in [0.1, 0.15) is 9.96 Å². The van der Waals surface area contributed by atoms with Crippen LogP contribution in [0.25, 0.3) is 0 Å².